The standard InChI is InChI=1S/C16H21ClN2O2/c1-12(13-6-5-7-14(17)10-13)18-15(20)11-19-9-4-2-3-8-16(19)21/h5-7,10,12H,2-4,8-9,11H2,1H3,(H,18,20)/t12-/m0/s1. The summed E-state index contributed by atoms with van der Waals surface area (Å²) in [6.07, 6.45) is 3.51. The van der Waals surface area contributed by atoms with Crippen LogP contribution < -0.4 is 5.32 Å². The minimum atomic E-state index is -0.127. The van der Waals surface area contributed by atoms with Gasteiger partial charge in [0.05, 0.1) is 12.6 Å². The monoisotopic (exact) mass is 308 g/mol. The van der Waals surface area contributed by atoms with Crippen LogP contribution >= 0.6 is 11.6 Å². The first kappa shape index (κ1) is 15.8. The number of likely N-dealkylation sites (tertiary alicyclic amines) is 1. The second-order valence-electron chi connectivity index (χ2n) is 5.47. The largest absolute Gasteiger partial charge is 0.348 e. The summed E-state index contributed by atoms with van der Waals surface area (Å²) < 4.78 is 0. The molecule has 0 radical (unpaired) electrons. The molecule has 0 aromatic heterocycles. The number of hydrogen-bond donors (Lipinski definition) is 1. The van der Waals surface area contributed by atoms with Crippen LogP contribution in [0.1, 0.15) is 44.2 Å². The summed E-state index contributed by atoms with van der Waals surface area (Å²) in [6, 6.07) is 7.30. The van der Waals surface area contributed by atoms with Gasteiger partial charge in [-0.05, 0) is 37.5 Å². The van der Waals surface area contributed by atoms with Gasteiger partial charge >= 0.3 is 0 Å². The van der Waals surface area contributed by atoms with Crippen LogP contribution in [0.4, 0.5) is 0 Å². The molecule has 1 aromatic rings. The molecule has 1 aliphatic heterocycles. The third-order valence-electron chi connectivity index (χ3n) is 3.73. The summed E-state index contributed by atoms with van der Waals surface area (Å²) in [5.74, 6) is -0.0456. The number of halogens is 1. The highest BCUT2D eigenvalue weighted by Crippen LogP contribution is 2.17. The van der Waals surface area contributed by atoms with Gasteiger partial charge in [-0.1, -0.05) is 30.2 Å². The van der Waals surface area contributed by atoms with E-state index in [0.29, 0.717) is 18.0 Å². The molecule has 0 bridgehead atoms. The molecule has 1 aromatic carbocycles. The van der Waals surface area contributed by atoms with Crippen molar-refractivity contribution >= 4 is 23.4 Å². The lowest BCUT2D eigenvalue weighted by atomic mass is 10.1. The fourth-order valence-corrected chi connectivity index (χ4v) is 2.72. The van der Waals surface area contributed by atoms with E-state index in [0.717, 1.165) is 24.8 Å². The van der Waals surface area contributed by atoms with Gasteiger partial charge in [-0.25, -0.2) is 0 Å². The highest BCUT2D eigenvalue weighted by molar-refractivity contribution is 6.30. The molecular formula is C16H21ClN2O2. The number of amides is 2. The van der Waals surface area contributed by atoms with Crippen LogP contribution in [0.5, 0.6) is 0 Å². The Morgan fingerprint density at radius 2 is 2.19 bits per heavy atom. The van der Waals surface area contributed by atoms with Gasteiger partial charge in [-0.3, -0.25) is 9.59 Å². The highest BCUT2D eigenvalue weighted by atomic mass is 35.5. The molecule has 2 amide bonds. The maximum Gasteiger partial charge on any atom is 0.240 e. The molecule has 1 N–H and O–H groups in total. The fraction of sp³-hybridized carbons (Fsp3) is 0.500. The summed E-state index contributed by atoms with van der Waals surface area (Å²) in [4.78, 5) is 25.6. The molecule has 1 aliphatic rings. The van der Waals surface area contributed by atoms with E-state index < -0.39 is 0 Å². The Morgan fingerprint density at radius 3 is 2.95 bits per heavy atom. The summed E-state index contributed by atoms with van der Waals surface area (Å²) in [5.41, 5.74) is 0.957. The molecule has 0 unspecified atom stereocenters. The van der Waals surface area contributed by atoms with Crippen molar-refractivity contribution in [2.45, 2.75) is 38.6 Å². The number of carbonyl (C=O) groups excluding carboxylic acids is 2. The van der Waals surface area contributed by atoms with Crippen molar-refractivity contribution in [1.29, 1.82) is 0 Å². The molecule has 1 heterocycles. The number of nitrogens with zero attached hydrogens (tertiary/aromatic N) is 1. The van der Waals surface area contributed by atoms with E-state index in [-0.39, 0.29) is 24.4 Å². The Morgan fingerprint density at radius 1 is 1.38 bits per heavy atom. The lowest BCUT2D eigenvalue weighted by Crippen LogP contribution is -2.41. The quantitative estimate of drug-likeness (QED) is 0.929. The Bertz CT molecular complexity index is 519. The number of nitrogens with one attached hydrogen (secondary N) is 1. The molecule has 5 heteroatoms. The molecular weight excluding hydrogens is 288 g/mol. The van der Waals surface area contributed by atoms with Gasteiger partial charge in [0, 0.05) is 18.0 Å². The van der Waals surface area contributed by atoms with E-state index >= 15 is 0 Å². The first-order valence-corrected chi connectivity index (χ1v) is 7.76. The minimum absolute atomic E-state index is 0.0815. The van der Waals surface area contributed by atoms with Gasteiger partial charge in [0.1, 0.15) is 0 Å². The van der Waals surface area contributed by atoms with Crippen LogP contribution in [0.25, 0.3) is 0 Å². The van der Waals surface area contributed by atoms with Crippen LogP contribution in [0.15, 0.2) is 24.3 Å². The van der Waals surface area contributed by atoms with Gasteiger partial charge < -0.3 is 10.2 Å². The third kappa shape index (κ3) is 4.74. The first-order valence-electron chi connectivity index (χ1n) is 7.39. The van der Waals surface area contributed by atoms with E-state index in [4.69, 9.17) is 11.6 Å². The molecule has 2 rings (SSSR count). The van der Waals surface area contributed by atoms with Crippen LogP contribution in [0.2, 0.25) is 5.02 Å². The van der Waals surface area contributed by atoms with E-state index in [1.54, 1.807) is 11.0 Å². The van der Waals surface area contributed by atoms with Crippen LogP contribution in [0, 0.1) is 0 Å². The molecule has 1 saturated heterocycles. The van der Waals surface area contributed by atoms with Gasteiger partial charge in [-0.15, -0.1) is 0 Å². The van der Waals surface area contributed by atoms with E-state index in [9.17, 15) is 9.59 Å². The summed E-state index contributed by atoms with van der Waals surface area (Å²) in [5, 5.41) is 3.57. The number of benzene rings is 1. The Labute approximate surface area is 130 Å². The molecule has 4 nitrogen and oxygen atoms in total. The lowest BCUT2D eigenvalue weighted by Gasteiger charge is -2.21. The topological polar surface area (TPSA) is 49.4 Å². The molecule has 0 spiro atoms. The minimum Gasteiger partial charge on any atom is -0.348 e. The smallest absolute Gasteiger partial charge is 0.240 e. The van der Waals surface area contributed by atoms with Gasteiger partial charge in [-0.2, -0.15) is 0 Å². The van der Waals surface area contributed by atoms with Crippen molar-refractivity contribution in [1.82, 2.24) is 10.2 Å². The van der Waals surface area contributed by atoms with Gasteiger partial charge in [0.15, 0.2) is 0 Å². The molecule has 1 atom stereocenters. The summed E-state index contributed by atoms with van der Waals surface area (Å²) in [7, 11) is 0. The predicted molar refractivity (Wildman–Crippen MR) is 83.1 cm³/mol. The van der Waals surface area contributed by atoms with Crippen LogP contribution in [-0.2, 0) is 9.59 Å². The maximum absolute atomic E-state index is 12.1. The lowest BCUT2D eigenvalue weighted by molar-refractivity contribution is -0.135. The zero-order valence-electron chi connectivity index (χ0n) is 12.3. The SMILES string of the molecule is C[C@H](NC(=O)CN1CCCCCC1=O)c1cccc(Cl)c1. The van der Waals surface area contributed by atoms with Crippen molar-refractivity contribution < 1.29 is 9.59 Å². The Balaban J connectivity index is 1.90. The molecule has 21 heavy (non-hydrogen) atoms. The number of hydrogen-bond acceptors (Lipinski definition) is 2. The molecule has 0 saturated carbocycles. The number of carbonyl (C=O) groups is 2. The molecule has 1 fully saturated rings. The van der Waals surface area contributed by atoms with Crippen LogP contribution in [0.3, 0.4) is 0 Å². The van der Waals surface area contributed by atoms with Gasteiger partial charge in [0.2, 0.25) is 11.8 Å². The zero-order chi connectivity index (χ0) is 15.2. The van der Waals surface area contributed by atoms with Crippen molar-refractivity contribution in [2.24, 2.45) is 0 Å². The second kappa shape index (κ2) is 7.46. The average molecular weight is 309 g/mol. The van der Waals surface area contributed by atoms with Crippen molar-refractivity contribution in [3.63, 3.8) is 0 Å². The fourth-order valence-electron chi connectivity index (χ4n) is 2.53. The van der Waals surface area contributed by atoms with Crippen molar-refractivity contribution in [2.75, 3.05) is 13.1 Å². The number of rotatable bonds is 4. The summed E-state index contributed by atoms with van der Waals surface area (Å²) >= 11 is 5.95. The average Bonchev–Trinajstić information content (AvgIpc) is 2.64. The predicted octanol–water partition coefficient (Wildman–Crippen LogP) is 2.92. The third-order valence-corrected chi connectivity index (χ3v) is 3.97. The van der Waals surface area contributed by atoms with Crippen molar-refractivity contribution in [3.8, 4) is 0 Å². The maximum atomic E-state index is 12.1. The normalized spacial score (nSPS) is 17.2. The Hall–Kier alpha value is -1.55. The Kier molecular flexibility index (Phi) is 5.62. The van der Waals surface area contributed by atoms with Gasteiger partial charge in [0.25, 0.3) is 0 Å². The van der Waals surface area contributed by atoms with E-state index in [1.807, 2.05) is 25.1 Å². The van der Waals surface area contributed by atoms with E-state index in [1.165, 1.54) is 0 Å². The zero-order valence-corrected chi connectivity index (χ0v) is 13.0. The highest BCUT2D eigenvalue weighted by Gasteiger charge is 2.20. The molecule has 0 aliphatic carbocycles. The second-order valence-corrected chi connectivity index (χ2v) is 5.91. The molecule has 114 valence electrons. The van der Waals surface area contributed by atoms with Crippen LogP contribution in [-0.4, -0.2) is 29.8 Å². The first-order chi connectivity index (χ1) is 10.1. The van der Waals surface area contributed by atoms with E-state index in [2.05, 4.69) is 5.32 Å². The summed E-state index contributed by atoms with van der Waals surface area (Å²) in [6.45, 7) is 2.73. The van der Waals surface area contributed by atoms with Crippen molar-refractivity contribution in [3.05, 3.63) is 34.9 Å².